The number of rotatable bonds is 6. The molecule has 17 heavy (non-hydrogen) atoms. The van der Waals surface area contributed by atoms with Gasteiger partial charge in [-0.25, -0.2) is 4.39 Å². The maximum Gasteiger partial charge on any atom is 0.124 e. The average molecular weight is 240 g/mol. The Kier molecular flexibility index (Phi) is 5.06. The highest BCUT2D eigenvalue weighted by Gasteiger charge is 2.06. The normalized spacial score (nSPS) is 12.4. The van der Waals surface area contributed by atoms with Crippen molar-refractivity contribution in [3.63, 3.8) is 0 Å². The molecule has 1 aromatic rings. The minimum atomic E-state index is -0.421. The molecule has 5 heteroatoms. The van der Waals surface area contributed by atoms with Gasteiger partial charge in [0.1, 0.15) is 11.7 Å². The largest absolute Gasteiger partial charge is 0.384 e. The van der Waals surface area contributed by atoms with Gasteiger partial charge in [0.2, 0.25) is 0 Å². The molecule has 0 radical (unpaired) electrons. The Morgan fingerprint density at radius 1 is 1.47 bits per heavy atom. The Labute approximate surface area is 100 Å². The van der Waals surface area contributed by atoms with E-state index in [9.17, 15) is 4.39 Å². The standard InChI is InChI=1S/C12H17FN2O2/c1-8(6-16-2)17-7-9-3-10(12(14)15)5-11(13)4-9/h3-5,8H,6-7H2,1-2H3,(H3,14,15). The van der Waals surface area contributed by atoms with Crippen molar-refractivity contribution >= 4 is 5.84 Å². The molecule has 0 amide bonds. The van der Waals surface area contributed by atoms with Crippen molar-refractivity contribution in [3.05, 3.63) is 35.1 Å². The number of nitrogens with two attached hydrogens (primary N) is 1. The van der Waals surface area contributed by atoms with Gasteiger partial charge in [0, 0.05) is 12.7 Å². The quantitative estimate of drug-likeness (QED) is 0.587. The van der Waals surface area contributed by atoms with Gasteiger partial charge in [-0.1, -0.05) is 0 Å². The van der Waals surface area contributed by atoms with E-state index < -0.39 is 5.82 Å². The molecule has 0 spiro atoms. The zero-order valence-corrected chi connectivity index (χ0v) is 10.00. The summed E-state index contributed by atoms with van der Waals surface area (Å²) in [6, 6.07) is 4.24. The maximum absolute atomic E-state index is 13.2. The second kappa shape index (κ2) is 6.32. The van der Waals surface area contributed by atoms with E-state index >= 15 is 0 Å². The van der Waals surface area contributed by atoms with E-state index in [1.807, 2.05) is 6.92 Å². The molecule has 1 atom stereocenters. The third-order valence-corrected chi connectivity index (χ3v) is 2.20. The first-order valence-electron chi connectivity index (χ1n) is 5.27. The summed E-state index contributed by atoms with van der Waals surface area (Å²) in [7, 11) is 1.59. The predicted octanol–water partition coefficient (Wildman–Crippen LogP) is 1.66. The highest BCUT2D eigenvalue weighted by atomic mass is 19.1. The van der Waals surface area contributed by atoms with E-state index in [-0.39, 0.29) is 18.5 Å². The van der Waals surface area contributed by atoms with Crippen LogP contribution in [-0.2, 0) is 16.1 Å². The minimum absolute atomic E-state index is 0.0657. The molecule has 0 fully saturated rings. The van der Waals surface area contributed by atoms with Crippen molar-refractivity contribution in [2.24, 2.45) is 5.73 Å². The Morgan fingerprint density at radius 3 is 2.76 bits per heavy atom. The number of methoxy groups -OCH3 is 1. The molecule has 1 unspecified atom stereocenters. The van der Waals surface area contributed by atoms with Gasteiger partial charge in [0.05, 0.1) is 19.3 Å². The van der Waals surface area contributed by atoms with Gasteiger partial charge >= 0.3 is 0 Å². The summed E-state index contributed by atoms with van der Waals surface area (Å²) >= 11 is 0. The van der Waals surface area contributed by atoms with Crippen molar-refractivity contribution in [3.8, 4) is 0 Å². The zero-order chi connectivity index (χ0) is 12.8. The lowest BCUT2D eigenvalue weighted by atomic mass is 10.1. The third-order valence-electron chi connectivity index (χ3n) is 2.20. The number of hydrogen-bond acceptors (Lipinski definition) is 3. The van der Waals surface area contributed by atoms with Crippen LogP contribution in [0, 0.1) is 11.2 Å². The number of nitrogen functional groups attached to an aromatic ring is 1. The van der Waals surface area contributed by atoms with Crippen molar-refractivity contribution in [1.82, 2.24) is 0 Å². The molecule has 0 aliphatic carbocycles. The average Bonchev–Trinajstić information content (AvgIpc) is 2.26. The van der Waals surface area contributed by atoms with Crippen molar-refractivity contribution < 1.29 is 13.9 Å². The Balaban J connectivity index is 2.68. The van der Waals surface area contributed by atoms with Crippen molar-refractivity contribution in [2.45, 2.75) is 19.6 Å². The first kappa shape index (κ1) is 13.6. The lowest BCUT2D eigenvalue weighted by molar-refractivity contribution is -0.000206. The molecular formula is C12H17FN2O2. The third kappa shape index (κ3) is 4.50. The molecule has 0 heterocycles. The van der Waals surface area contributed by atoms with Crippen LogP contribution in [0.5, 0.6) is 0 Å². The highest BCUT2D eigenvalue weighted by Crippen LogP contribution is 2.11. The Hall–Kier alpha value is -1.46. The second-order valence-electron chi connectivity index (χ2n) is 3.84. The summed E-state index contributed by atoms with van der Waals surface area (Å²) in [5, 5.41) is 7.26. The molecule has 0 aliphatic heterocycles. The van der Waals surface area contributed by atoms with Crippen LogP contribution < -0.4 is 5.73 Å². The lowest BCUT2D eigenvalue weighted by Crippen LogP contribution is -2.15. The van der Waals surface area contributed by atoms with Gasteiger partial charge in [-0.15, -0.1) is 0 Å². The molecular weight excluding hydrogens is 223 g/mol. The van der Waals surface area contributed by atoms with E-state index in [4.69, 9.17) is 20.6 Å². The summed E-state index contributed by atoms with van der Waals surface area (Å²) in [6.07, 6.45) is -0.0657. The monoisotopic (exact) mass is 240 g/mol. The molecule has 1 aromatic carbocycles. The molecule has 4 nitrogen and oxygen atoms in total. The van der Waals surface area contributed by atoms with Crippen molar-refractivity contribution in [2.75, 3.05) is 13.7 Å². The topological polar surface area (TPSA) is 68.3 Å². The lowest BCUT2D eigenvalue weighted by Gasteiger charge is -2.12. The summed E-state index contributed by atoms with van der Waals surface area (Å²) in [5.41, 5.74) is 6.33. The van der Waals surface area contributed by atoms with Crippen LogP contribution in [0.2, 0.25) is 0 Å². The molecule has 0 saturated heterocycles. The van der Waals surface area contributed by atoms with E-state index in [1.165, 1.54) is 12.1 Å². The van der Waals surface area contributed by atoms with Gasteiger partial charge in [0.15, 0.2) is 0 Å². The van der Waals surface area contributed by atoms with Gasteiger partial charge in [-0.2, -0.15) is 0 Å². The van der Waals surface area contributed by atoms with Crippen LogP contribution >= 0.6 is 0 Å². The summed E-state index contributed by atoms with van der Waals surface area (Å²) in [6.45, 7) is 2.62. The SMILES string of the molecule is COCC(C)OCc1cc(F)cc(C(=N)N)c1. The maximum atomic E-state index is 13.2. The summed E-state index contributed by atoms with van der Waals surface area (Å²) < 4.78 is 23.6. The molecule has 1 rings (SSSR count). The number of nitrogens with one attached hydrogen (secondary N) is 1. The highest BCUT2D eigenvalue weighted by molar-refractivity contribution is 5.95. The number of ether oxygens (including phenoxy) is 2. The van der Waals surface area contributed by atoms with Gasteiger partial charge in [0.25, 0.3) is 0 Å². The van der Waals surface area contributed by atoms with E-state index in [1.54, 1.807) is 13.2 Å². The van der Waals surface area contributed by atoms with Gasteiger partial charge < -0.3 is 15.2 Å². The molecule has 0 bridgehead atoms. The number of hydrogen-bond donors (Lipinski definition) is 2. The smallest absolute Gasteiger partial charge is 0.124 e. The minimum Gasteiger partial charge on any atom is -0.384 e. The van der Waals surface area contributed by atoms with Crippen LogP contribution in [0.3, 0.4) is 0 Å². The van der Waals surface area contributed by atoms with E-state index in [2.05, 4.69) is 0 Å². The zero-order valence-electron chi connectivity index (χ0n) is 10.00. The van der Waals surface area contributed by atoms with Crippen LogP contribution in [0.1, 0.15) is 18.1 Å². The molecule has 0 aliphatic rings. The summed E-state index contributed by atoms with van der Waals surface area (Å²) in [4.78, 5) is 0. The fourth-order valence-electron chi connectivity index (χ4n) is 1.41. The van der Waals surface area contributed by atoms with E-state index in [0.717, 1.165) is 0 Å². The molecule has 94 valence electrons. The predicted molar refractivity (Wildman–Crippen MR) is 63.5 cm³/mol. The first-order valence-corrected chi connectivity index (χ1v) is 5.27. The molecule has 0 saturated carbocycles. The Bertz CT molecular complexity index is 396. The van der Waals surface area contributed by atoms with Gasteiger partial charge in [-0.05, 0) is 30.7 Å². The fourth-order valence-corrected chi connectivity index (χ4v) is 1.41. The van der Waals surface area contributed by atoms with Crippen LogP contribution in [0.25, 0.3) is 0 Å². The van der Waals surface area contributed by atoms with Crippen LogP contribution in [0.15, 0.2) is 18.2 Å². The molecule has 0 aromatic heterocycles. The first-order chi connectivity index (χ1) is 8.02. The van der Waals surface area contributed by atoms with Gasteiger partial charge in [-0.3, -0.25) is 5.41 Å². The van der Waals surface area contributed by atoms with Crippen molar-refractivity contribution in [1.29, 1.82) is 5.41 Å². The summed E-state index contributed by atoms with van der Waals surface area (Å²) in [5.74, 6) is -0.577. The number of benzene rings is 1. The number of halogens is 1. The second-order valence-corrected chi connectivity index (χ2v) is 3.84. The van der Waals surface area contributed by atoms with Crippen LogP contribution in [0.4, 0.5) is 4.39 Å². The Morgan fingerprint density at radius 2 is 2.18 bits per heavy atom. The molecule has 3 N–H and O–H groups in total. The van der Waals surface area contributed by atoms with E-state index in [0.29, 0.717) is 17.7 Å². The van der Waals surface area contributed by atoms with Crippen LogP contribution in [-0.4, -0.2) is 25.7 Å². The number of amidine groups is 1. The fraction of sp³-hybridized carbons (Fsp3) is 0.417.